The van der Waals surface area contributed by atoms with Crippen molar-refractivity contribution in [1.82, 2.24) is 4.57 Å². The predicted octanol–water partition coefficient (Wildman–Crippen LogP) is 3.07. The van der Waals surface area contributed by atoms with Gasteiger partial charge in [0.2, 0.25) is 0 Å². The molecule has 1 aromatic carbocycles. The normalized spacial score (nSPS) is 14.3. The number of carbonyl (C=O) groups excluding carboxylic acids is 1. The van der Waals surface area contributed by atoms with Crippen LogP contribution in [0.3, 0.4) is 0 Å². The molecule has 1 fully saturated rings. The molecule has 1 saturated carbocycles. The summed E-state index contributed by atoms with van der Waals surface area (Å²) >= 11 is 0. The molecule has 0 N–H and O–H groups in total. The Morgan fingerprint density at radius 1 is 1.17 bits per heavy atom. The highest BCUT2D eigenvalue weighted by Gasteiger charge is 2.34. The Morgan fingerprint density at radius 2 is 1.78 bits per heavy atom. The highest BCUT2D eigenvalue weighted by atomic mass is 19.2. The lowest BCUT2D eigenvalue weighted by molar-refractivity contribution is 0.0513. The zero-order valence-electron chi connectivity index (χ0n) is 12.0. The van der Waals surface area contributed by atoms with Crippen LogP contribution in [0.1, 0.15) is 36.3 Å². The first kappa shape index (κ1) is 15.5. The van der Waals surface area contributed by atoms with E-state index < -0.39 is 51.6 Å². The van der Waals surface area contributed by atoms with Gasteiger partial charge in [0.15, 0.2) is 28.7 Å². The van der Waals surface area contributed by atoms with E-state index in [1.165, 1.54) is 6.92 Å². The van der Waals surface area contributed by atoms with Crippen LogP contribution in [0.25, 0.3) is 10.9 Å². The second-order valence-corrected chi connectivity index (χ2v) is 5.20. The molecular weight excluding hydrogens is 318 g/mol. The molecule has 122 valence electrons. The van der Waals surface area contributed by atoms with Gasteiger partial charge in [-0.1, -0.05) is 0 Å². The first-order valence-electron chi connectivity index (χ1n) is 6.96. The Bertz CT molecular complexity index is 887. The monoisotopic (exact) mass is 329 g/mol. The van der Waals surface area contributed by atoms with Gasteiger partial charge >= 0.3 is 5.97 Å². The number of nitrogens with zero attached hydrogens (tertiary/aromatic N) is 1. The van der Waals surface area contributed by atoms with Crippen molar-refractivity contribution in [3.8, 4) is 0 Å². The van der Waals surface area contributed by atoms with Crippen molar-refractivity contribution >= 4 is 16.9 Å². The van der Waals surface area contributed by atoms with Gasteiger partial charge in [-0.25, -0.2) is 22.4 Å². The number of benzene rings is 1. The van der Waals surface area contributed by atoms with Crippen molar-refractivity contribution in [2.45, 2.75) is 25.8 Å². The number of ether oxygens (including phenoxy) is 1. The van der Waals surface area contributed by atoms with E-state index in [1.54, 1.807) is 0 Å². The average molecular weight is 329 g/mol. The molecule has 1 aliphatic rings. The van der Waals surface area contributed by atoms with Crippen LogP contribution < -0.4 is 5.43 Å². The van der Waals surface area contributed by atoms with Crippen molar-refractivity contribution in [3.63, 3.8) is 0 Å². The number of hydrogen-bond donors (Lipinski definition) is 0. The topological polar surface area (TPSA) is 48.3 Å². The maximum atomic E-state index is 14.2. The molecule has 0 atom stereocenters. The molecule has 0 aliphatic heterocycles. The van der Waals surface area contributed by atoms with E-state index in [0.717, 1.165) is 10.6 Å². The third kappa shape index (κ3) is 2.29. The highest BCUT2D eigenvalue weighted by Crippen LogP contribution is 2.39. The third-order valence-corrected chi connectivity index (χ3v) is 3.65. The summed E-state index contributed by atoms with van der Waals surface area (Å²) < 4.78 is 60.9. The molecule has 1 heterocycles. The fourth-order valence-corrected chi connectivity index (χ4v) is 2.53. The first-order valence-corrected chi connectivity index (χ1v) is 6.96. The van der Waals surface area contributed by atoms with Crippen molar-refractivity contribution in [2.75, 3.05) is 6.61 Å². The third-order valence-electron chi connectivity index (χ3n) is 3.65. The SMILES string of the molecule is CCOC(=O)c1cc(=O)c2c(F)c(F)c(F)c(F)c2n1C1CC1. The van der Waals surface area contributed by atoms with Gasteiger partial charge in [-0.2, -0.15) is 0 Å². The number of pyridine rings is 1. The van der Waals surface area contributed by atoms with Gasteiger partial charge in [-0.3, -0.25) is 4.79 Å². The minimum Gasteiger partial charge on any atom is -0.461 e. The van der Waals surface area contributed by atoms with E-state index in [0.29, 0.717) is 12.8 Å². The second-order valence-electron chi connectivity index (χ2n) is 5.20. The summed E-state index contributed by atoms with van der Waals surface area (Å²) in [6.07, 6.45) is 1.06. The number of esters is 1. The zero-order valence-corrected chi connectivity index (χ0v) is 12.0. The maximum absolute atomic E-state index is 14.2. The smallest absolute Gasteiger partial charge is 0.355 e. The molecule has 4 nitrogen and oxygen atoms in total. The van der Waals surface area contributed by atoms with Gasteiger partial charge in [0.25, 0.3) is 0 Å². The first-order chi connectivity index (χ1) is 10.9. The van der Waals surface area contributed by atoms with Gasteiger partial charge in [0.05, 0.1) is 17.5 Å². The molecule has 3 rings (SSSR count). The molecule has 0 radical (unpaired) electrons. The fourth-order valence-electron chi connectivity index (χ4n) is 2.53. The molecule has 0 saturated heterocycles. The molecule has 8 heteroatoms. The van der Waals surface area contributed by atoms with Crippen LogP contribution in [0.5, 0.6) is 0 Å². The van der Waals surface area contributed by atoms with Crippen molar-refractivity contribution in [3.05, 3.63) is 45.3 Å². The molecular formula is C15H11F4NO3. The lowest BCUT2D eigenvalue weighted by atomic mass is 10.1. The Hall–Kier alpha value is -2.38. The second kappa shape index (κ2) is 5.36. The van der Waals surface area contributed by atoms with Crippen molar-refractivity contribution in [1.29, 1.82) is 0 Å². The summed E-state index contributed by atoms with van der Waals surface area (Å²) in [5.74, 6) is -8.46. The van der Waals surface area contributed by atoms with Crippen LogP contribution in [0.2, 0.25) is 0 Å². The van der Waals surface area contributed by atoms with Gasteiger partial charge in [0.1, 0.15) is 5.69 Å². The lowest BCUT2D eigenvalue weighted by Gasteiger charge is -2.16. The minimum atomic E-state index is -2.06. The number of hydrogen-bond acceptors (Lipinski definition) is 3. The van der Waals surface area contributed by atoms with E-state index in [9.17, 15) is 27.2 Å². The van der Waals surface area contributed by atoms with Crippen LogP contribution in [0, 0.1) is 23.3 Å². The quantitative estimate of drug-likeness (QED) is 0.376. The minimum absolute atomic E-state index is 0.00432. The molecule has 1 aliphatic carbocycles. The molecule has 0 spiro atoms. The summed E-state index contributed by atoms with van der Waals surface area (Å²) in [6, 6.07) is 0.356. The number of aromatic nitrogens is 1. The summed E-state index contributed by atoms with van der Waals surface area (Å²) in [6.45, 7) is 1.54. The Labute approximate surface area is 127 Å². The molecule has 23 heavy (non-hydrogen) atoms. The molecule has 1 aromatic heterocycles. The maximum Gasteiger partial charge on any atom is 0.355 e. The predicted molar refractivity (Wildman–Crippen MR) is 72.3 cm³/mol. The van der Waals surface area contributed by atoms with Crippen LogP contribution in [0.15, 0.2) is 10.9 Å². The average Bonchev–Trinajstić information content (AvgIpc) is 3.34. The summed E-state index contributed by atoms with van der Waals surface area (Å²) in [5, 5.41) is -0.915. The van der Waals surface area contributed by atoms with Crippen LogP contribution >= 0.6 is 0 Å². The van der Waals surface area contributed by atoms with Crippen molar-refractivity contribution < 1.29 is 27.1 Å². The van der Waals surface area contributed by atoms with Gasteiger partial charge in [0, 0.05) is 12.1 Å². The Kier molecular flexibility index (Phi) is 3.62. The Morgan fingerprint density at radius 3 is 2.35 bits per heavy atom. The molecule has 0 amide bonds. The van der Waals surface area contributed by atoms with Gasteiger partial charge in [-0.15, -0.1) is 0 Å². The summed E-state index contributed by atoms with van der Waals surface area (Å²) in [5.41, 5.74) is -2.18. The van der Waals surface area contributed by atoms with E-state index in [-0.39, 0.29) is 12.3 Å². The molecule has 0 bridgehead atoms. The van der Waals surface area contributed by atoms with Crippen LogP contribution in [-0.2, 0) is 4.74 Å². The van der Waals surface area contributed by atoms with E-state index in [1.807, 2.05) is 0 Å². The van der Waals surface area contributed by atoms with E-state index in [4.69, 9.17) is 4.74 Å². The van der Waals surface area contributed by atoms with Crippen LogP contribution in [0.4, 0.5) is 17.6 Å². The largest absolute Gasteiger partial charge is 0.461 e. The summed E-state index contributed by atoms with van der Waals surface area (Å²) in [4.78, 5) is 24.0. The summed E-state index contributed by atoms with van der Waals surface area (Å²) in [7, 11) is 0. The number of halogens is 4. The fraction of sp³-hybridized carbons (Fsp3) is 0.333. The van der Waals surface area contributed by atoms with Crippen molar-refractivity contribution in [2.24, 2.45) is 0 Å². The lowest BCUT2D eigenvalue weighted by Crippen LogP contribution is -2.22. The number of rotatable bonds is 3. The number of fused-ring (bicyclic) bond motifs is 1. The number of carbonyl (C=O) groups is 1. The van der Waals surface area contributed by atoms with Gasteiger partial charge < -0.3 is 9.30 Å². The zero-order chi connectivity index (χ0) is 16.9. The van der Waals surface area contributed by atoms with Gasteiger partial charge in [-0.05, 0) is 19.8 Å². The standard InChI is InChI=1S/C15H11F4NO3/c1-2-23-15(22)7-5-8(21)9-10(16)11(17)12(18)13(19)14(9)20(7)6-3-4-6/h5-6H,2-4H2,1H3. The molecule has 0 unspecified atom stereocenters. The van der Waals surface area contributed by atoms with E-state index in [2.05, 4.69) is 0 Å². The molecule has 2 aromatic rings. The highest BCUT2D eigenvalue weighted by molar-refractivity contribution is 5.92. The van der Waals surface area contributed by atoms with E-state index >= 15 is 0 Å². The van der Waals surface area contributed by atoms with Crippen LogP contribution in [-0.4, -0.2) is 17.1 Å². The Balaban J connectivity index is 2.48.